The van der Waals surface area contributed by atoms with Gasteiger partial charge in [0.2, 0.25) is 0 Å². The van der Waals surface area contributed by atoms with E-state index in [-0.39, 0.29) is 5.39 Å². The van der Waals surface area contributed by atoms with E-state index in [4.69, 9.17) is 0 Å². The Kier molecular flexibility index (Phi) is 4.31. The maximum Gasteiger partial charge on any atom is 0.277 e. The van der Waals surface area contributed by atoms with Crippen molar-refractivity contribution >= 4 is 38.5 Å². The van der Waals surface area contributed by atoms with Gasteiger partial charge in [-0.3, -0.25) is 4.79 Å². The number of fused-ring (bicyclic) bond motifs is 1. The second kappa shape index (κ2) is 6.22. The molecular weight excluding hydrogens is 367 g/mol. The molecule has 22 heavy (non-hydrogen) atoms. The lowest BCUT2D eigenvalue weighted by atomic mass is 10.2. The molecule has 0 spiro atoms. The zero-order valence-corrected chi connectivity index (χ0v) is 14.1. The predicted octanol–water partition coefficient (Wildman–Crippen LogP) is 4.13. The molecule has 1 heterocycles. The smallest absolute Gasteiger partial charge is 0.267 e. The molecule has 0 aliphatic rings. The number of halogens is 2. The molecule has 3 rings (SSSR count). The fourth-order valence-corrected chi connectivity index (χ4v) is 3.64. The fraction of sp³-hybridized carbons (Fsp3) is 0.125. The maximum atomic E-state index is 14.3. The minimum Gasteiger partial charge on any atom is -0.267 e. The van der Waals surface area contributed by atoms with Crippen molar-refractivity contribution in [1.29, 1.82) is 0 Å². The molecule has 1 aromatic heterocycles. The van der Waals surface area contributed by atoms with E-state index in [1.54, 1.807) is 6.07 Å². The zero-order valence-electron chi connectivity index (χ0n) is 11.7. The van der Waals surface area contributed by atoms with Gasteiger partial charge in [-0.1, -0.05) is 30.3 Å². The summed E-state index contributed by atoms with van der Waals surface area (Å²) in [7, 11) is 1.50. The van der Waals surface area contributed by atoms with Crippen LogP contribution in [0.1, 0.15) is 5.56 Å². The summed E-state index contributed by atoms with van der Waals surface area (Å²) < 4.78 is 15.9. The van der Waals surface area contributed by atoms with Gasteiger partial charge in [-0.25, -0.2) is 9.07 Å². The van der Waals surface area contributed by atoms with Gasteiger partial charge in [0.15, 0.2) is 0 Å². The lowest BCUT2D eigenvalue weighted by molar-refractivity contribution is 0.628. The number of nitrogens with zero attached hydrogens (tertiary/aromatic N) is 2. The average Bonchev–Trinajstić information content (AvgIpc) is 2.51. The van der Waals surface area contributed by atoms with E-state index in [1.807, 2.05) is 30.3 Å². The van der Waals surface area contributed by atoms with Gasteiger partial charge >= 0.3 is 0 Å². The summed E-state index contributed by atoms with van der Waals surface area (Å²) in [6, 6.07) is 13.2. The summed E-state index contributed by atoms with van der Waals surface area (Å²) in [5.74, 6) is 0.221. The Labute approximate surface area is 139 Å². The number of thioether (sulfide) groups is 1. The van der Waals surface area contributed by atoms with Crippen LogP contribution in [0.2, 0.25) is 0 Å². The van der Waals surface area contributed by atoms with Crippen molar-refractivity contribution in [3.63, 3.8) is 0 Å². The van der Waals surface area contributed by atoms with Gasteiger partial charge in [-0.2, -0.15) is 5.10 Å². The number of rotatable bonds is 3. The van der Waals surface area contributed by atoms with E-state index in [2.05, 4.69) is 21.0 Å². The van der Waals surface area contributed by atoms with Gasteiger partial charge < -0.3 is 0 Å². The summed E-state index contributed by atoms with van der Waals surface area (Å²) in [6.07, 6.45) is 0. The van der Waals surface area contributed by atoms with Crippen LogP contribution < -0.4 is 5.56 Å². The molecule has 112 valence electrons. The molecule has 0 N–H and O–H groups in total. The molecular formula is C16H12BrFN2OS. The van der Waals surface area contributed by atoms with Crippen molar-refractivity contribution in [3.05, 3.63) is 68.8 Å². The summed E-state index contributed by atoms with van der Waals surface area (Å²) >= 11 is 4.82. The van der Waals surface area contributed by atoms with Crippen LogP contribution in [0.4, 0.5) is 4.39 Å². The Morgan fingerprint density at radius 2 is 2.00 bits per heavy atom. The van der Waals surface area contributed by atoms with Crippen molar-refractivity contribution in [2.75, 3.05) is 0 Å². The highest BCUT2D eigenvalue weighted by Crippen LogP contribution is 2.29. The van der Waals surface area contributed by atoms with E-state index in [0.29, 0.717) is 9.99 Å². The van der Waals surface area contributed by atoms with Gasteiger partial charge in [-0.15, -0.1) is 11.8 Å². The molecule has 0 radical (unpaired) electrons. The van der Waals surface area contributed by atoms with Crippen LogP contribution in [-0.2, 0) is 12.8 Å². The maximum absolute atomic E-state index is 14.3. The fourth-order valence-electron chi connectivity index (χ4n) is 2.18. The number of benzene rings is 2. The van der Waals surface area contributed by atoms with E-state index in [9.17, 15) is 9.18 Å². The minimum atomic E-state index is -0.517. The molecule has 3 nitrogen and oxygen atoms in total. The van der Waals surface area contributed by atoms with Crippen molar-refractivity contribution in [2.45, 2.75) is 10.6 Å². The summed E-state index contributed by atoms with van der Waals surface area (Å²) in [4.78, 5) is 12.8. The zero-order chi connectivity index (χ0) is 15.7. The molecule has 0 atom stereocenters. The van der Waals surface area contributed by atoms with Gasteiger partial charge in [0.05, 0.1) is 5.39 Å². The molecule has 0 unspecified atom stereocenters. The van der Waals surface area contributed by atoms with E-state index < -0.39 is 11.4 Å². The molecule has 0 aliphatic carbocycles. The minimum absolute atomic E-state index is 0.0634. The first-order valence-corrected chi connectivity index (χ1v) is 8.37. The van der Waals surface area contributed by atoms with Crippen molar-refractivity contribution in [1.82, 2.24) is 9.78 Å². The van der Waals surface area contributed by atoms with Gasteiger partial charge in [0, 0.05) is 23.1 Å². The Bertz CT molecular complexity index is 896. The Morgan fingerprint density at radius 1 is 1.27 bits per heavy atom. The third-order valence-electron chi connectivity index (χ3n) is 3.28. The molecule has 0 saturated carbocycles. The standard InChI is InChI=1S/C16H12BrFN2OS/c1-20-16(21)14-12(15(17)19-20)7-11(8-13(14)18)22-9-10-5-3-2-4-6-10/h2-8H,9H2,1H3. The van der Waals surface area contributed by atoms with Gasteiger partial charge in [-0.05, 0) is 33.6 Å². The average molecular weight is 379 g/mol. The van der Waals surface area contributed by atoms with Crippen LogP contribution in [0.3, 0.4) is 0 Å². The second-order valence-corrected chi connectivity index (χ2v) is 6.62. The van der Waals surface area contributed by atoms with Crippen LogP contribution in [0.5, 0.6) is 0 Å². The first-order chi connectivity index (χ1) is 10.6. The summed E-state index contributed by atoms with van der Waals surface area (Å²) in [5, 5.41) is 4.61. The molecule has 0 saturated heterocycles. The lowest BCUT2D eigenvalue weighted by Gasteiger charge is -2.08. The lowest BCUT2D eigenvalue weighted by Crippen LogP contribution is -2.20. The molecule has 2 aromatic carbocycles. The normalized spacial score (nSPS) is 11.0. The van der Waals surface area contributed by atoms with Crippen LogP contribution >= 0.6 is 27.7 Å². The number of aromatic nitrogens is 2. The Morgan fingerprint density at radius 3 is 2.73 bits per heavy atom. The van der Waals surface area contributed by atoms with Crippen molar-refractivity contribution in [3.8, 4) is 0 Å². The first kappa shape index (κ1) is 15.2. The number of aryl methyl sites for hydroxylation is 1. The monoisotopic (exact) mass is 378 g/mol. The second-order valence-electron chi connectivity index (χ2n) is 4.82. The van der Waals surface area contributed by atoms with E-state index in [1.165, 1.54) is 24.9 Å². The van der Waals surface area contributed by atoms with Crippen LogP contribution in [0, 0.1) is 5.82 Å². The highest BCUT2D eigenvalue weighted by Gasteiger charge is 2.13. The van der Waals surface area contributed by atoms with Gasteiger partial charge in [0.1, 0.15) is 10.4 Å². The molecule has 0 aliphatic heterocycles. The van der Waals surface area contributed by atoms with Crippen molar-refractivity contribution in [2.24, 2.45) is 7.05 Å². The Hall–Kier alpha value is -1.66. The van der Waals surface area contributed by atoms with Crippen LogP contribution in [-0.4, -0.2) is 9.78 Å². The number of hydrogen-bond donors (Lipinski definition) is 0. The topological polar surface area (TPSA) is 34.9 Å². The van der Waals surface area contributed by atoms with E-state index in [0.717, 1.165) is 20.9 Å². The number of hydrogen-bond acceptors (Lipinski definition) is 3. The van der Waals surface area contributed by atoms with E-state index >= 15 is 0 Å². The molecule has 0 fully saturated rings. The summed E-state index contributed by atoms with van der Waals surface area (Å²) in [6.45, 7) is 0. The highest BCUT2D eigenvalue weighted by molar-refractivity contribution is 9.10. The SMILES string of the molecule is Cn1nc(Br)c2cc(SCc3ccccc3)cc(F)c2c1=O. The Balaban J connectivity index is 2.01. The highest BCUT2D eigenvalue weighted by atomic mass is 79.9. The molecule has 6 heteroatoms. The third-order valence-corrected chi connectivity index (χ3v) is 4.91. The summed E-state index contributed by atoms with van der Waals surface area (Å²) in [5.41, 5.74) is 0.726. The third kappa shape index (κ3) is 2.94. The molecule has 0 amide bonds. The van der Waals surface area contributed by atoms with Crippen LogP contribution in [0.25, 0.3) is 10.8 Å². The molecule has 3 aromatic rings. The van der Waals surface area contributed by atoms with Crippen molar-refractivity contribution < 1.29 is 4.39 Å². The van der Waals surface area contributed by atoms with Crippen LogP contribution in [0.15, 0.2) is 56.8 Å². The molecule has 0 bridgehead atoms. The predicted molar refractivity (Wildman–Crippen MR) is 90.6 cm³/mol. The largest absolute Gasteiger partial charge is 0.277 e. The quantitative estimate of drug-likeness (QED) is 0.642. The van der Waals surface area contributed by atoms with Gasteiger partial charge in [0.25, 0.3) is 5.56 Å². The first-order valence-electron chi connectivity index (χ1n) is 6.59.